The van der Waals surface area contributed by atoms with Crippen molar-refractivity contribution in [3.05, 3.63) is 34.6 Å². The Morgan fingerprint density at radius 2 is 2.00 bits per heavy atom. The highest BCUT2D eigenvalue weighted by Gasteiger charge is 2.34. The molecule has 1 N–H and O–H groups in total. The minimum atomic E-state index is -0.420. The number of halogens is 2. The Kier molecular flexibility index (Phi) is 2.99. The number of fused-ring (bicyclic) bond motifs is 2. The number of nitrogens with zero attached hydrogens (tertiary/aromatic N) is 1. The predicted molar refractivity (Wildman–Crippen MR) is 67.3 cm³/mol. The fourth-order valence-corrected chi connectivity index (χ4v) is 3.04. The molecule has 1 aromatic rings. The summed E-state index contributed by atoms with van der Waals surface area (Å²) >= 11 is 5.93. The smallest absolute Gasteiger partial charge is 0.255 e. The Bertz CT molecular complexity index is 482. The maximum absolute atomic E-state index is 13.0. The quantitative estimate of drug-likeness (QED) is 0.846. The summed E-state index contributed by atoms with van der Waals surface area (Å²) in [7, 11) is 0. The van der Waals surface area contributed by atoms with Crippen LogP contribution in [0.5, 0.6) is 0 Å². The lowest BCUT2D eigenvalue weighted by atomic mass is 10.1. The molecule has 1 amide bonds. The second-order valence-corrected chi connectivity index (χ2v) is 5.38. The Hall–Kier alpha value is -1.13. The molecule has 1 aromatic carbocycles. The monoisotopic (exact) mass is 268 g/mol. The molecule has 0 spiro atoms. The van der Waals surface area contributed by atoms with Crippen LogP contribution in [-0.2, 0) is 0 Å². The van der Waals surface area contributed by atoms with Gasteiger partial charge in [0.25, 0.3) is 5.91 Å². The third kappa shape index (κ3) is 2.10. The third-order valence-corrected chi connectivity index (χ3v) is 3.98. The van der Waals surface area contributed by atoms with E-state index in [0.717, 1.165) is 12.8 Å². The average Bonchev–Trinajstić information content (AvgIpc) is 2.67. The molecule has 0 saturated carbocycles. The van der Waals surface area contributed by atoms with Crippen molar-refractivity contribution in [3.8, 4) is 0 Å². The van der Waals surface area contributed by atoms with Gasteiger partial charge in [-0.1, -0.05) is 11.6 Å². The number of carbonyl (C=O) groups is 1. The Balaban J connectivity index is 1.82. The van der Waals surface area contributed by atoms with Crippen LogP contribution in [0.25, 0.3) is 0 Å². The van der Waals surface area contributed by atoms with Gasteiger partial charge >= 0.3 is 0 Å². The van der Waals surface area contributed by atoms with E-state index in [9.17, 15) is 9.18 Å². The Labute approximate surface area is 110 Å². The van der Waals surface area contributed by atoms with Gasteiger partial charge in [-0.2, -0.15) is 0 Å². The molecule has 2 fully saturated rings. The molecule has 2 aliphatic rings. The number of carbonyl (C=O) groups excluding carboxylic acids is 1. The zero-order valence-corrected chi connectivity index (χ0v) is 10.6. The van der Waals surface area contributed by atoms with Crippen LogP contribution < -0.4 is 5.32 Å². The summed E-state index contributed by atoms with van der Waals surface area (Å²) in [6.07, 6.45) is 2.23. The second kappa shape index (κ2) is 4.52. The Morgan fingerprint density at radius 1 is 1.33 bits per heavy atom. The van der Waals surface area contributed by atoms with Crippen LogP contribution in [0.2, 0.25) is 5.02 Å². The first-order chi connectivity index (χ1) is 8.63. The molecule has 18 heavy (non-hydrogen) atoms. The molecule has 2 bridgehead atoms. The first kappa shape index (κ1) is 11.9. The lowest BCUT2D eigenvalue weighted by molar-refractivity contribution is 0.0697. The van der Waals surface area contributed by atoms with Crippen molar-refractivity contribution in [3.63, 3.8) is 0 Å². The van der Waals surface area contributed by atoms with E-state index in [0.29, 0.717) is 30.7 Å². The second-order valence-electron chi connectivity index (χ2n) is 4.97. The maximum Gasteiger partial charge on any atom is 0.255 e. The molecule has 96 valence electrons. The van der Waals surface area contributed by atoms with Crippen LogP contribution in [0.4, 0.5) is 4.39 Å². The molecule has 5 heteroatoms. The lowest BCUT2D eigenvalue weighted by Crippen LogP contribution is -2.53. The molecule has 2 aliphatic heterocycles. The van der Waals surface area contributed by atoms with E-state index in [-0.39, 0.29) is 10.9 Å². The van der Waals surface area contributed by atoms with E-state index >= 15 is 0 Å². The summed E-state index contributed by atoms with van der Waals surface area (Å²) in [4.78, 5) is 14.2. The molecular formula is C13H14ClFN2O. The number of benzene rings is 1. The van der Waals surface area contributed by atoms with E-state index in [1.54, 1.807) is 0 Å². The summed E-state index contributed by atoms with van der Waals surface area (Å²) in [6.45, 7) is 1.42. The Morgan fingerprint density at radius 3 is 2.61 bits per heavy atom. The summed E-state index contributed by atoms with van der Waals surface area (Å²) in [6, 6.07) is 4.71. The summed E-state index contributed by atoms with van der Waals surface area (Å²) in [5.41, 5.74) is 0.388. The average molecular weight is 269 g/mol. The number of likely N-dealkylation sites (tertiary alicyclic amines) is 1. The van der Waals surface area contributed by atoms with Crippen LogP contribution in [0.15, 0.2) is 18.2 Å². The predicted octanol–water partition coefficient (Wildman–Crippen LogP) is 2.06. The van der Waals surface area contributed by atoms with Crippen molar-refractivity contribution < 1.29 is 9.18 Å². The summed E-state index contributed by atoms with van der Waals surface area (Å²) in [5.74, 6) is -0.518. The highest BCUT2D eigenvalue weighted by Crippen LogP contribution is 2.24. The van der Waals surface area contributed by atoms with Gasteiger partial charge < -0.3 is 10.2 Å². The molecule has 3 nitrogen and oxygen atoms in total. The van der Waals surface area contributed by atoms with Gasteiger partial charge in [0.15, 0.2) is 0 Å². The van der Waals surface area contributed by atoms with Gasteiger partial charge in [0.2, 0.25) is 0 Å². The molecule has 0 aromatic heterocycles. The highest BCUT2D eigenvalue weighted by atomic mass is 35.5. The number of amides is 1. The maximum atomic E-state index is 13.0. The molecule has 2 saturated heterocycles. The molecule has 0 unspecified atom stereocenters. The normalized spacial score (nSPS) is 26.4. The number of rotatable bonds is 1. The molecule has 2 atom stereocenters. The van der Waals surface area contributed by atoms with Gasteiger partial charge in [-0.05, 0) is 31.0 Å². The standard InChI is InChI=1S/C13H14ClFN2O/c14-12-5-8(15)1-4-11(12)13(18)17-6-9-2-3-10(7-17)16-9/h1,4-5,9-10,16H,2-3,6-7H2/t9-,10+. The SMILES string of the molecule is O=C(c1ccc(F)cc1Cl)N1C[C@H]2CC[C@@H](C1)N2. The van der Waals surface area contributed by atoms with Crippen molar-refractivity contribution in [1.82, 2.24) is 10.2 Å². The van der Waals surface area contributed by atoms with Crippen LogP contribution in [0.1, 0.15) is 23.2 Å². The van der Waals surface area contributed by atoms with Crippen LogP contribution >= 0.6 is 11.6 Å². The molecule has 2 heterocycles. The minimum absolute atomic E-state index is 0.0987. The van der Waals surface area contributed by atoms with Gasteiger partial charge in [-0.25, -0.2) is 4.39 Å². The molecular weight excluding hydrogens is 255 g/mol. The van der Waals surface area contributed by atoms with E-state index in [1.807, 2.05) is 4.90 Å². The van der Waals surface area contributed by atoms with Crippen LogP contribution in [0, 0.1) is 5.82 Å². The van der Waals surface area contributed by atoms with Crippen molar-refractivity contribution in [1.29, 1.82) is 0 Å². The third-order valence-electron chi connectivity index (χ3n) is 3.67. The van der Waals surface area contributed by atoms with Gasteiger partial charge in [-0.3, -0.25) is 4.79 Å². The minimum Gasteiger partial charge on any atom is -0.335 e. The largest absolute Gasteiger partial charge is 0.335 e. The number of hydrogen-bond acceptors (Lipinski definition) is 2. The molecule has 0 aliphatic carbocycles. The zero-order chi connectivity index (χ0) is 12.7. The van der Waals surface area contributed by atoms with Crippen molar-refractivity contribution in [2.45, 2.75) is 24.9 Å². The van der Waals surface area contributed by atoms with Gasteiger partial charge in [-0.15, -0.1) is 0 Å². The van der Waals surface area contributed by atoms with E-state index < -0.39 is 5.82 Å². The van der Waals surface area contributed by atoms with E-state index in [2.05, 4.69) is 5.32 Å². The first-order valence-corrected chi connectivity index (χ1v) is 6.51. The molecule has 3 rings (SSSR count). The summed E-state index contributed by atoms with van der Waals surface area (Å²) < 4.78 is 13.0. The van der Waals surface area contributed by atoms with Crippen LogP contribution in [-0.4, -0.2) is 36.0 Å². The van der Waals surface area contributed by atoms with Crippen molar-refractivity contribution >= 4 is 17.5 Å². The summed E-state index contributed by atoms with van der Waals surface area (Å²) in [5, 5.41) is 3.65. The fraction of sp³-hybridized carbons (Fsp3) is 0.462. The highest BCUT2D eigenvalue weighted by molar-refractivity contribution is 6.33. The van der Waals surface area contributed by atoms with Gasteiger partial charge in [0.1, 0.15) is 5.82 Å². The zero-order valence-electron chi connectivity index (χ0n) is 9.83. The van der Waals surface area contributed by atoms with Gasteiger partial charge in [0, 0.05) is 25.2 Å². The number of piperazine rings is 1. The van der Waals surface area contributed by atoms with Crippen molar-refractivity contribution in [2.75, 3.05) is 13.1 Å². The first-order valence-electron chi connectivity index (χ1n) is 6.14. The lowest BCUT2D eigenvalue weighted by Gasteiger charge is -2.33. The number of hydrogen-bond donors (Lipinski definition) is 1. The topological polar surface area (TPSA) is 32.3 Å². The van der Waals surface area contributed by atoms with E-state index in [1.165, 1.54) is 18.2 Å². The van der Waals surface area contributed by atoms with Crippen molar-refractivity contribution in [2.24, 2.45) is 0 Å². The van der Waals surface area contributed by atoms with Crippen LogP contribution in [0.3, 0.4) is 0 Å². The fourth-order valence-electron chi connectivity index (χ4n) is 2.80. The number of nitrogens with one attached hydrogen (secondary N) is 1. The van der Waals surface area contributed by atoms with Gasteiger partial charge in [0.05, 0.1) is 10.6 Å². The van der Waals surface area contributed by atoms with E-state index in [4.69, 9.17) is 11.6 Å². The molecule has 0 radical (unpaired) electrons.